The van der Waals surface area contributed by atoms with Crippen LogP contribution < -0.4 is 5.73 Å². The van der Waals surface area contributed by atoms with Crippen molar-refractivity contribution in [1.82, 2.24) is 9.97 Å². The fraction of sp³-hybridized carbons (Fsp3) is 0.286. The molecule has 1 heterocycles. The van der Waals surface area contributed by atoms with Crippen LogP contribution in [0.15, 0.2) is 42.7 Å². The van der Waals surface area contributed by atoms with Gasteiger partial charge in [-0.25, -0.2) is 14.4 Å². The number of hydrogen-bond donors (Lipinski definition) is 2. The van der Waals surface area contributed by atoms with Crippen LogP contribution in [0.5, 0.6) is 0 Å². The summed E-state index contributed by atoms with van der Waals surface area (Å²) in [7, 11) is 0. The summed E-state index contributed by atoms with van der Waals surface area (Å²) >= 11 is 5.56. The summed E-state index contributed by atoms with van der Waals surface area (Å²) in [5.41, 5.74) is 6.01. The van der Waals surface area contributed by atoms with E-state index < -0.39 is 6.04 Å². The van der Waals surface area contributed by atoms with E-state index in [-0.39, 0.29) is 12.4 Å². The number of aliphatic hydroxyl groups excluding tert-OH is 1. The van der Waals surface area contributed by atoms with Crippen LogP contribution in [0.25, 0.3) is 0 Å². The Morgan fingerprint density at radius 1 is 1.25 bits per heavy atom. The molecular weight excluding hydrogens is 281 g/mol. The standard InChI is InChI=1S/C6H8ClN3O.C6H5F.C2H6/c7-6-1-5(4(8)2-11)9-3-10-6;7-6-4-2-1-3-5-6;1-2/h1,3-4,11H,2,8H2;1-5H;1-2H3. The average molecular weight is 300 g/mol. The fourth-order valence-electron chi connectivity index (χ4n) is 1.06. The minimum atomic E-state index is -0.476. The van der Waals surface area contributed by atoms with E-state index in [1.807, 2.05) is 13.8 Å². The molecule has 0 aliphatic carbocycles. The van der Waals surface area contributed by atoms with E-state index in [0.29, 0.717) is 10.8 Å². The highest BCUT2D eigenvalue weighted by Crippen LogP contribution is 2.09. The first kappa shape index (κ1) is 18.4. The molecule has 2 rings (SSSR count). The van der Waals surface area contributed by atoms with Gasteiger partial charge in [0.2, 0.25) is 0 Å². The second-order valence-electron chi connectivity index (χ2n) is 3.35. The number of aromatic nitrogens is 2. The highest BCUT2D eigenvalue weighted by molar-refractivity contribution is 6.29. The lowest BCUT2D eigenvalue weighted by molar-refractivity contribution is 0.266. The molecule has 0 saturated heterocycles. The summed E-state index contributed by atoms with van der Waals surface area (Å²) in [6.07, 6.45) is 1.31. The van der Waals surface area contributed by atoms with Gasteiger partial charge in [-0.2, -0.15) is 0 Å². The van der Waals surface area contributed by atoms with Crippen molar-refractivity contribution in [2.24, 2.45) is 5.73 Å². The number of halogens is 2. The molecule has 0 aliphatic heterocycles. The second-order valence-corrected chi connectivity index (χ2v) is 3.74. The predicted molar refractivity (Wildman–Crippen MR) is 78.8 cm³/mol. The van der Waals surface area contributed by atoms with Gasteiger partial charge in [0.1, 0.15) is 17.3 Å². The van der Waals surface area contributed by atoms with Gasteiger partial charge in [-0.3, -0.25) is 0 Å². The van der Waals surface area contributed by atoms with Gasteiger partial charge in [0.05, 0.1) is 18.3 Å². The summed E-state index contributed by atoms with van der Waals surface area (Å²) in [6, 6.07) is 8.99. The monoisotopic (exact) mass is 299 g/mol. The first-order chi connectivity index (χ1) is 9.63. The Kier molecular flexibility index (Phi) is 10.4. The van der Waals surface area contributed by atoms with Gasteiger partial charge in [0, 0.05) is 0 Å². The van der Waals surface area contributed by atoms with Gasteiger partial charge in [-0.05, 0) is 18.2 Å². The maximum absolute atomic E-state index is 11.9. The molecule has 0 bridgehead atoms. The van der Waals surface area contributed by atoms with Crippen molar-refractivity contribution in [3.8, 4) is 0 Å². The number of nitrogens with zero attached hydrogens (tertiary/aromatic N) is 2. The third-order valence-electron chi connectivity index (χ3n) is 1.96. The molecule has 2 aromatic rings. The minimum absolute atomic E-state index is 0.145. The third-order valence-corrected chi connectivity index (χ3v) is 2.17. The van der Waals surface area contributed by atoms with Crippen LogP contribution >= 0.6 is 11.6 Å². The molecule has 0 spiro atoms. The minimum Gasteiger partial charge on any atom is -0.394 e. The van der Waals surface area contributed by atoms with E-state index in [2.05, 4.69) is 9.97 Å². The Hall–Kier alpha value is -1.56. The smallest absolute Gasteiger partial charge is 0.132 e. The molecule has 4 nitrogen and oxygen atoms in total. The quantitative estimate of drug-likeness (QED) is 0.836. The Bertz CT molecular complexity index is 471. The first-order valence-corrected chi connectivity index (χ1v) is 6.55. The summed E-state index contributed by atoms with van der Waals surface area (Å²) < 4.78 is 11.9. The summed E-state index contributed by atoms with van der Waals surface area (Å²) in [5, 5.41) is 8.98. The molecule has 20 heavy (non-hydrogen) atoms. The van der Waals surface area contributed by atoms with Crippen molar-refractivity contribution in [3.05, 3.63) is 59.4 Å². The van der Waals surface area contributed by atoms with E-state index in [1.54, 1.807) is 18.2 Å². The van der Waals surface area contributed by atoms with Gasteiger partial charge in [0.15, 0.2) is 0 Å². The molecule has 0 fully saturated rings. The molecule has 110 valence electrons. The highest BCUT2D eigenvalue weighted by atomic mass is 35.5. The number of benzene rings is 1. The molecular formula is C14H19ClFN3O. The molecule has 3 N–H and O–H groups in total. The maximum Gasteiger partial charge on any atom is 0.132 e. The molecule has 1 aromatic heterocycles. The predicted octanol–water partition coefficient (Wildman–Crippen LogP) is 2.97. The van der Waals surface area contributed by atoms with Crippen LogP contribution in [0.3, 0.4) is 0 Å². The zero-order valence-electron chi connectivity index (χ0n) is 11.5. The van der Waals surface area contributed by atoms with Gasteiger partial charge in [0.25, 0.3) is 0 Å². The van der Waals surface area contributed by atoms with Gasteiger partial charge in [-0.1, -0.05) is 43.6 Å². The van der Waals surface area contributed by atoms with E-state index in [0.717, 1.165) is 0 Å². The van der Waals surface area contributed by atoms with E-state index >= 15 is 0 Å². The average Bonchev–Trinajstić information content (AvgIpc) is 2.50. The molecule has 0 aliphatic rings. The summed E-state index contributed by atoms with van der Waals surface area (Å²) in [4.78, 5) is 7.50. The van der Waals surface area contributed by atoms with E-state index in [4.69, 9.17) is 22.4 Å². The van der Waals surface area contributed by atoms with Gasteiger partial charge in [-0.15, -0.1) is 0 Å². The zero-order valence-corrected chi connectivity index (χ0v) is 12.3. The molecule has 0 radical (unpaired) electrons. The molecule has 6 heteroatoms. The number of aliphatic hydroxyl groups is 1. The topological polar surface area (TPSA) is 72.0 Å². The van der Waals surface area contributed by atoms with Gasteiger partial charge >= 0.3 is 0 Å². The Morgan fingerprint density at radius 3 is 2.25 bits per heavy atom. The lowest BCUT2D eigenvalue weighted by Gasteiger charge is -2.05. The van der Waals surface area contributed by atoms with Crippen LogP contribution in [0.1, 0.15) is 25.6 Å². The molecule has 1 unspecified atom stereocenters. The molecule has 0 amide bonds. The number of hydrogen-bond acceptors (Lipinski definition) is 4. The van der Waals surface area contributed by atoms with Crippen LogP contribution in [-0.2, 0) is 0 Å². The van der Waals surface area contributed by atoms with Crippen molar-refractivity contribution < 1.29 is 9.50 Å². The molecule has 1 atom stereocenters. The number of rotatable bonds is 2. The van der Waals surface area contributed by atoms with Crippen molar-refractivity contribution in [3.63, 3.8) is 0 Å². The van der Waals surface area contributed by atoms with Crippen molar-refractivity contribution in [2.75, 3.05) is 6.61 Å². The van der Waals surface area contributed by atoms with E-state index in [9.17, 15) is 4.39 Å². The summed E-state index contributed by atoms with van der Waals surface area (Å²) in [6.45, 7) is 3.85. The second kappa shape index (κ2) is 11.3. The SMILES string of the molecule is CC.Fc1ccccc1.NC(CO)c1cc(Cl)ncn1. The van der Waals surface area contributed by atoms with Crippen LogP contribution in [-0.4, -0.2) is 21.7 Å². The lowest BCUT2D eigenvalue weighted by atomic mass is 10.2. The fourth-order valence-corrected chi connectivity index (χ4v) is 1.21. The Morgan fingerprint density at radius 2 is 1.85 bits per heavy atom. The van der Waals surface area contributed by atoms with Crippen molar-refractivity contribution in [2.45, 2.75) is 19.9 Å². The van der Waals surface area contributed by atoms with E-state index in [1.165, 1.54) is 24.5 Å². The zero-order chi connectivity index (χ0) is 15.4. The van der Waals surface area contributed by atoms with Crippen molar-refractivity contribution >= 4 is 11.6 Å². The Labute approximate surface area is 123 Å². The highest BCUT2D eigenvalue weighted by Gasteiger charge is 2.05. The van der Waals surface area contributed by atoms with Crippen molar-refractivity contribution in [1.29, 1.82) is 0 Å². The summed E-state index contributed by atoms with van der Waals surface area (Å²) in [5.74, 6) is -0.178. The van der Waals surface area contributed by atoms with Crippen LogP contribution in [0.2, 0.25) is 5.15 Å². The molecule has 0 saturated carbocycles. The lowest BCUT2D eigenvalue weighted by Crippen LogP contribution is -2.15. The third kappa shape index (κ3) is 7.78. The maximum atomic E-state index is 11.9. The molecule has 1 aromatic carbocycles. The van der Waals surface area contributed by atoms with Gasteiger partial charge < -0.3 is 10.8 Å². The number of nitrogens with two attached hydrogens (primary N) is 1. The van der Waals surface area contributed by atoms with Crippen LogP contribution in [0, 0.1) is 5.82 Å². The Balaban J connectivity index is 0.000000345. The normalized spacial score (nSPS) is 10.5. The first-order valence-electron chi connectivity index (χ1n) is 6.18. The van der Waals surface area contributed by atoms with Crippen LogP contribution in [0.4, 0.5) is 4.39 Å². The largest absolute Gasteiger partial charge is 0.394 e.